The van der Waals surface area contributed by atoms with E-state index in [1.165, 1.54) is 3.57 Å². The average Bonchev–Trinajstić information content (AvgIpc) is 3.33. The summed E-state index contributed by atoms with van der Waals surface area (Å²) in [5.41, 5.74) is 1.87. The minimum Gasteiger partial charge on any atom is -0.356 e. The fourth-order valence-corrected chi connectivity index (χ4v) is 3.59. The Kier molecular flexibility index (Phi) is 5.89. The molecule has 0 spiro atoms. The maximum atomic E-state index is 6.05. The summed E-state index contributed by atoms with van der Waals surface area (Å²) in [6, 6.07) is 10.2. The lowest BCUT2D eigenvalue weighted by Crippen LogP contribution is -2.24. The summed E-state index contributed by atoms with van der Waals surface area (Å²) in [5, 5.41) is 4.22. The number of aromatic nitrogens is 3. The van der Waals surface area contributed by atoms with Crippen LogP contribution in [0.15, 0.2) is 47.2 Å². The molecule has 142 valence electrons. The quantitative estimate of drug-likeness (QED) is 0.476. The van der Waals surface area contributed by atoms with E-state index in [4.69, 9.17) is 14.0 Å². The molecule has 0 amide bonds. The van der Waals surface area contributed by atoms with Gasteiger partial charge >= 0.3 is 0 Å². The second kappa shape index (κ2) is 8.53. The number of imidazole rings is 1. The minimum atomic E-state index is -0.148. The first-order valence-electron chi connectivity index (χ1n) is 9.18. The van der Waals surface area contributed by atoms with E-state index < -0.39 is 0 Å². The Bertz CT molecular complexity index is 869. The van der Waals surface area contributed by atoms with Crippen molar-refractivity contribution < 1.29 is 14.0 Å². The monoisotopic (exact) mass is 479 g/mol. The minimum absolute atomic E-state index is 0.140. The van der Waals surface area contributed by atoms with Crippen molar-refractivity contribution in [3.05, 3.63) is 57.8 Å². The van der Waals surface area contributed by atoms with Gasteiger partial charge in [-0.1, -0.05) is 17.3 Å². The molecule has 7 heteroatoms. The van der Waals surface area contributed by atoms with E-state index in [0.29, 0.717) is 6.54 Å². The summed E-state index contributed by atoms with van der Waals surface area (Å²) in [5.74, 6) is 1.63. The van der Waals surface area contributed by atoms with Gasteiger partial charge in [-0.3, -0.25) is 0 Å². The molecule has 1 aliphatic rings. The lowest BCUT2D eigenvalue weighted by Gasteiger charge is -2.26. The molecule has 2 unspecified atom stereocenters. The molecule has 1 fully saturated rings. The van der Waals surface area contributed by atoms with E-state index >= 15 is 0 Å². The number of halogens is 1. The average molecular weight is 479 g/mol. The summed E-state index contributed by atoms with van der Waals surface area (Å²) in [6.45, 7) is 3.37. The number of nitrogens with zero attached hydrogens (tertiary/aromatic N) is 3. The summed E-state index contributed by atoms with van der Waals surface area (Å²) >= 11 is 2.29. The molecule has 3 heterocycles. The van der Waals surface area contributed by atoms with Crippen molar-refractivity contribution in [2.45, 2.75) is 45.1 Å². The molecule has 2 aromatic heterocycles. The molecule has 2 atom stereocenters. The Hall–Kier alpha value is -1.71. The van der Waals surface area contributed by atoms with E-state index in [2.05, 4.69) is 44.9 Å². The predicted molar refractivity (Wildman–Crippen MR) is 109 cm³/mol. The molecule has 6 nitrogen and oxygen atoms in total. The topological polar surface area (TPSA) is 62.3 Å². The molecule has 1 saturated heterocycles. The zero-order valence-corrected chi connectivity index (χ0v) is 17.3. The number of rotatable bonds is 6. The highest BCUT2D eigenvalue weighted by Gasteiger charge is 2.21. The van der Waals surface area contributed by atoms with Gasteiger partial charge in [-0.15, -0.1) is 0 Å². The smallest absolute Gasteiger partial charge is 0.167 e. The van der Waals surface area contributed by atoms with Crippen LogP contribution in [0, 0.1) is 3.57 Å². The highest BCUT2D eigenvalue weighted by molar-refractivity contribution is 14.1. The normalized spacial score (nSPS) is 18.5. The molecule has 0 bridgehead atoms. The number of benzene rings is 1. The van der Waals surface area contributed by atoms with Gasteiger partial charge in [-0.2, -0.15) is 0 Å². The number of hydrogen-bond donors (Lipinski definition) is 0. The first-order valence-corrected chi connectivity index (χ1v) is 10.3. The standard InChI is InChI=1S/C20H22IN3O3/c1-14(26-19-4-2-3-11-25-19)20-22-9-10-24(20)13-17-12-18(27-23-17)15-5-7-16(21)8-6-15/h5-10,12,14,19H,2-4,11,13H2,1H3. The van der Waals surface area contributed by atoms with Crippen LogP contribution in [0.1, 0.15) is 43.8 Å². The van der Waals surface area contributed by atoms with Gasteiger partial charge in [0.05, 0.1) is 6.54 Å². The highest BCUT2D eigenvalue weighted by Crippen LogP contribution is 2.25. The van der Waals surface area contributed by atoms with Crippen LogP contribution in [0.25, 0.3) is 11.3 Å². The van der Waals surface area contributed by atoms with Crippen LogP contribution in [0.5, 0.6) is 0 Å². The molecule has 0 N–H and O–H groups in total. The zero-order valence-electron chi connectivity index (χ0n) is 15.2. The van der Waals surface area contributed by atoms with Gasteiger partial charge in [0, 0.05) is 34.2 Å². The molecule has 1 aliphatic heterocycles. The SMILES string of the molecule is CC(OC1CCCCO1)c1nccn1Cc1cc(-c2ccc(I)cc2)on1. The van der Waals surface area contributed by atoms with E-state index in [9.17, 15) is 0 Å². The van der Waals surface area contributed by atoms with Crippen molar-refractivity contribution in [3.63, 3.8) is 0 Å². The van der Waals surface area contributed by atoms with Crippen LogP contribution in [0.3, 0.4) is 0 Å². The van der Waals surface area contributed by atoms with Crippen LogP contribution in [0.4, 0.5) is 0 Å². The molecule has 3 aromatic rings. The molecule has 27 heavy (non-hydrogen) atoms. The highest BCUT2D eigenvalue weighted by atomic mass is 127. The maximum absolute atomic E-state index is 6.05. The Morgan fingerprint density at radius 2 is 2.15 bits per heavy atom. The fourth-order valence-electron chi connectivity index (χ4n) is 3.23. The van der Waals surface area contributed by atoms with Gasteiger partial charge in [0.25, 0.3) is 0 Å². The predicted octanol–water partition coefficient (Wildman–Crippen LogP) is 4.80. The van der Waals surface area contributed by atoms with Crippen LogP contribution >= 0.6 is 22.6 Å². The van der Waals surface area contributed by atoms with Crippen LogP contribution in [-0.2, 0) is 16.0 Å². The van der Waals surface area contributed by atoms with Gasteiger partial charge in [0.15, 0.2) is 12.1 Å². The Morgan fingerprint density at radius 1 is 1.30 bits per heavy atom. The largest absolute Gasteiger partial charge is 0.356 e. The Labute approximate surface area is 172 Å². The van der Waals surface area contributed by atoms with Crippen LogP contribution < -0.4 is 0 Å². The lowest BCUT2D eigenvalue weighted by molar-refractivity contribution is -0.188. The summed E-state index contributed by atoms with van der Waals surface area (Å²) in [4.78, 5) is 4.48. The second-order valence-corrected chi connectivity index (χ2v) is 7.92. The van der Waals surface area contributed by atoms with Crippen LogP contribution in [0.2, 0.25) is 0 Å². The second-order valence-electron chi connectivity index (χ2n) is 6.68. The molecular weight excluding hydrogens is 457 g/mol. The van der Waals surface area contributed by atoms with Gasteiger partial charge < -0.3 is 18.6 Å². The van der Waals surface area contributed by atoms with Crippen molar-refractivity contribution in [1.29, 1.82) is 0 Å². The van der Waals surface area contributed by atoms with Gasteiger partial charge in [0.2, 0.25) is 0 Å². The number of hydrogen-bond acceptors (Lipinski definition) is 5. The van der Waals surface area contributed by atoms with Gasteiger partial charge in [-0.05, 0) is 60.9 Å². The van der Waals surface area contributed by atoms with Crippen molar-refractivity contribution >= 4 is 22.6 Å². The summed E-state index contributed by atoms with van der Waals surface area (Å²) in [7, 11) is 0. The molecule has 4 rings (SSSR count). The summed E-state index contributed by atoms with van der Waals surface area (Å²) in [6.07, 6.45) is 6.63. The van der Waals surface area contributed by atoms with E-state index in [1.54, 1.807) is 6.20 Å². The number of ether oxygens (including phenoxy) is 2. The first-order chi connectivity index (χ1) is 13.2. The van der Waals surface area contributed by atoms with Crippen LogP contribution in [-0.4, -0.2) is 27.6 Å². The Morgan fingerprint density at radius 3 is 2.93 bits per heavy atom. The van der Waals surface area contributed by atoms with Crippen molar-refractivity contribution in [3.8, 4) is 11.3 Å². The lowest BCUT2D eigenvalue weighted by atomic mass is 10.1. The van der Waals surface area contributed by atoms with Crippen molar-refractivity contribution in [2.75, 3.05) is 6.61 Å². The maximum Gasteiger partial charge on any atom is 0.167 e. The van der Waals surface area contributed by atoms with E-state index in [1.807, 2.05) is 35.9 Å². The zero-order chi connectivity index (χ0) is 18.6. The van der Waals surface area contributed by atoms with E-state index in [-0.39, 0.29) is 12.4 Å². The third kappa shape index (κ3) is 4.59. The van der Waals surface area contributed by atoms with Crippen molar-refractivity contribution in [1.82, 2.24) is 14.7 Å². The molecule has 0 saturated carbocycles. The molecular formula is C20H22IN3O3. The molecule has 1 aromatic carbocycles. The molecule has 0 radical (unpaired) electrons. The van der Waals surface area contributed by atoms with E-state index in [0.717, 1.165) is 48.7 Å². The molecule has 0 aliphatic carbocycles. The first kappa shape index (κ1) is 18.6. The third-order valence-corrected chi connectivity index (χ3v) is 5.34. The van der Waals surface area contributed by atoms with Crippen molar-refractivity contribution in [2.24, 2.45) is 0 Å². The summed E-state index contributed by atoms with van der Waals surface area (Å²) < 4.78 is 20.5. The van der Waals surface area contributed by atoms with Gasteiger partial charge in [-0.25, -0.2) is 4.98 Å². The third-order valence-electron chi connectivity index (χ3n) is 4.63. The fraction of sp³-hybridized carbons (Fsp3) is 0.400. The Balaban J connectivity index is 1.44. The van der Waals surface area contributed by atoms with Gasteiger partial charge in [0.1, 0.15) is 17.6 Å².